The number of hydrogen-bond acceptors (Lipinski definition) is 4. The van der Waals surface area contributed by atoms with E-state index in [4.69, 9.17) is 0 Å². The average Bonchev–Trinajstić information content (AvgIpc) is 3.40. The summed E-state index contributed by atoms with van der Waals surface area (Å²) in [4.78, 5) is 27.4. The van der Waals surface area contributed by atoms with Crippen molar-refractivity contribution in [2.45, 2.75) is 62.0 Å². The molecule has 2 aliphatic rings. The summed E-state index contributed by atoms with van der Waals surface area (Å²) in [5, 5.41) is 2.85. The zero-order valence-corrected chi connectivity index (χ0v) is 18.8. The Morgan fingerprint density at radius 1 is 1.00 bits per heavy atom. The van der Waals surface area contributed by atoms with Crippen molar-refractivity contribution in [1.82, 2.24) is 0 Å². The summed E-state index contributed by atoms with van der Waals surface area (Å²) in [7, 11) is -3.87. The summed E-state index contributed by atoms with van der Waals surface area (Å²) in [5.74, 6) is -0.429. The Bertz CT molecular complexity index is 1130. The van der Waals surface area contributed by atoms with Gasteiger partial charge in [-0.15, -0.1) is 0 Å². The van der Waals surface area contributed by atoms with Crippen molar-refractivity contribution in [2.24, 2.45) is 0 Å². The lowest BCUT2D eigenvalue weighted by Gasteiger charge is -2.28. The van der Waals surface area contributed by atoms with E-state index in [1.165, 1.54) is 0 Å². The normalized spacial score (nSPS) is 18.4. The summed E-state index contributed by atoms with van der Waals surface area (Å²) in [5.41, 5.74) is 3.12. The van der Waals surface area contributed by atoms with E-state index in [1.54, 1.807) is 41.3 Å². The summed E-state index contributed by atoms with van der Waals surface area (Å²) in [6, 6.07) is 12.1. The first kappa shape index (κ1) is 21.6. The van der Waals surface area contributed by atoms with E-state index >= 15 is 0 Å². The maximum Gasteiger partial charge on any atom is 0.246 e. The quantitative estimate of drug-likeness (QED) is 0.757. The molecule has 1 saturated heterocycles. The van der Waals surface area contributed by atoms with E-state index in [1.807, 2.05) is 19.9 Å². The molecule has 6 nitrogen and oxygen atoms in total. The van der Waals surface area contributed by atoms with E-state index in [0.717, 1.165) is 23.2 Å². The van der Waals surface area contributed by atoms with Crippen LogP contribution in [-0.4, -0.2) is 31.5 Å². The molecular weight excluding hydrogens is 412 g/mol. The second-order valence-electron chi connectivity index (χ2n) is 8.60. The van der Waals surface area contributed by atoms with Gasteiger partial charge in [0.15, 0.2) is 14.6 Å². The fourth-order valence-corrected chi connectivity index (χ4v) is 6.74. The second kappa shape index (κ2) is 8.11. The van der Waals surface area contributed by atoms with Crippen molar-refractivity contribution < 1.29 is 18.0 Å². The van der Waals surface area contributed by atoms with Crippen molar-refractivity contribution in [3.63, 3.8) is 0 Å². The number of nitrogens with one attached hydrogen (secondary N) is 1. The third-order valence-corrected chi connectivity index (χ3v) is 9.11. The number of aryl methyl sites for hydroxylation is 2. The Balaban J connectivity index is 1.65. The van der Waals surface area contributed by atoms with Gasteiger partial charge >= 0.3 is 0 Å². The molecule has 1 N–H and O–H groups in total. The van der Waals surface area contributed by atoms with Crippen molar-refractivity contribution in [2.75, 3.05) is 16.8 Å². The summed E-state index contributed by atoms with van der Waals surface area (Å²) < 4.78 is 25.8. The van der Waals surface area contributed by atoms with Gasteiger partial charge in [-0.3, -0.25) is 9.59 Å². The van der Waals surface area contributed by atoms with E-state index in [0.29, 0.717) is 44.3 Å². The van der Waals surface area contributed by atoms with Crippen molar-refractivity contribution in [1.29, 1.82) is 0 Å². The average molecular weight is 441 g/mol. The molecular formula is C24H28N2O4S. The van der Waals surface area contributed by atoms with Crippen molar-refractivity contribution in [3.8, 4) is 0 Å². The molecule has 0 radical (unpaired) electrons. The summed E-state index contributed by atoms with van der Waals surface area (Å²) in [6.45, 7) is 4.46. The molecule has 0 atom stereocenters. The van der Waals surface area contributed by atoms with E-state index in [9.17, 15) is 18.0 Å². The van der Waals surface area contributed by atoms with Crippen molar-refractivity contribution >= 4 is 33.0 Å². The fourth-order valence-electron chi connectivity index (χ4n) is 4.59. The van der Waals surface area contributed by atoms with Crippen LogP contribution in [0.15, 0.2) is 47.4 Å². The maximum absolute atomic E-state index is 13.7. The lowest BCUT2D eigenvalue weighted by molar-refractivity contribution is -0.118. The van der Waals surface area contributed by atoms with Gasteiger partial charge in [0.2, 0.25) is 11.8 Å². The smallest absolute Gasteiger partial charge is 0.246 e. The number of rotatable bonds is 5. The van der Waals surface area contributed by atoms with Crippen LogP contribution in [0.3, 0.4) is 0 Å². The number of sulfone groups is 1. The molecule has 7 heteroatoms. The van der Waals surface area contributed by atoms with Crippen LogP contribution in [0.2, 0.25) is 0 Å². The summed E-state index contributed by atoms with van der Waals surface area (Å²) >= 11 is 0. The number of amides is 2. The van der Waals surface area contributed by atoms with Gasteiger partial charge in [-0.05, 0) is 74.6 Å². The topological polar surface area (TPSA) is 83.6 Å². The highest BCUT2D eigenvalue weighted by molar-refractivity contribution is 7.93. The lowest BCUT2D eigenvalue weighted by Crippen LogP contribution is -2.47. The molecule has 0 spiro atoms. The van der Waals surface area contributed by atoms with Crippen LogP contribution in [0.25, 0.3) is 0 Å². The predicted molar refractivity (Wildman–Crippen MR) is 121 cm³/mol. The molecule has 2 amide bonds. The minimum Gasteiger partial charge on any atom is -0.325 e. The first-order valence-electron chi connectivity index (χ1n) is 10.8. The van der Waals surface area contributed by atoms with Crippen LogP contribution >= 0.6 is 0 Å². The molecule has 164 valence electrons. The molecule has 31 heavy (non-hydrogen) atoms. The fraction of sp³-hybridized carbons (Fsp3) is 0.417. The third kappa shape index (κ3) is 3.76. The van der Waals surface area contributed by atoms with Gasteiger partial charge in [0.25, 0.3) is 0 Å². The third-order valence-electron chi connectivity index (χ3n) is 6.62. The van der Waals surface area contributed by atoms with Crippen molar-refractivity contribution in [3.05, 3.63) is 53.6 Å². The molecule has 1 heterocycles. The minimum atomic E-state index is -3.87. The largest absolute Gasteiger partial charge is 0.325 e. The van der Waals surface area contributed by atoms with Gasteiger partial charge in [0.05, 0.1) is 4.90 Å². The van der Waals surface area contributed by atoms with Gasteiger partial charge in [0, 0.05) is 24.3 Å². The van der Waals surface area contributed by atoms with Crippen LogP contribution in [-0.2, 0) is 19.4 Å². The number of benzene rings is 2. The first-order chi connectivity index (χ1) is 14.7. The molecule has 2 aromatic rings. The molecule has 1 aliphatic carbocycles. The Labute approximate surface area is 183 Å². The maximum atomic E-state index is 13.7. The van der Waals surface area contributed by atoms with E-state index in [2.05, 4.69) is 5.32 Å². The standard InChI is InChI=1S/C24H28N2O4S/c1-17-10-11-21(15-18(17)2)31(29,30)24(12-3-4-13-24)23(28)25-19-7-5-8-20(16-19)26-14-6-9-22(26)27/h5,7-8,10-11,15-16H,3-4,6,9,12-14H2,1-2H3,(H,25,28). The monoisotopic (exact) mass is 440 g/mol. The molecule has 1 saturated carbocycles. The molecule has 0 unspecified atom stereocenters. The highest BCUT2D eigenvalue weighted by Crippen LogP contribution is 2.42. The Kier molecular flexibility index (Phi) is 5.64. The summed E-state index contributed by atoms with van der Waals surface area (Å²) in [6.07, 6.45) is 3.33. The molecule has 2 fully saturated rings. The number of hydrogen-bond donors (Lipinski definition) is 1. The lowest BCUT2D eigenvalue weighted by atomic mass is 10.1. The first-order valence-corrected chi connectivity index (χ1v) is 12.3. The van der Waals surface area contributed by atoms with Gasteiger partial charge in [-0.1, -0.05) is 25.0 Å². The zero-order valence-electron chi connectivity index (χ0n) is 18.0. The SMILES string of the molecule is Cc1ccc(S(=O)(=O)C2(C(=O)Nc3cccc(N4CCCC4=O)c3)CCCC2)cc1C. The Hall–Kier alpha value is -2.67. The Morgan fingerprint density at radius 3 is 2.39 bits per heavy atom. The number of anilines is 2. The van der Waals surface area contributed by atoms with Gasteiger partial charge in [-0.2, -0.15) is 0 Å². The molecule has 1 aliphatic heterocycles. The van der Waals surface area contributed by atoms with Gasteiger partial charge in [0.1, 0.15) is 0 Å². The predicted octanol–water partition coefficient (Wildman–Crippen LogP) is 4.16. The van der Waals surface area contributed by atoms with Crippen LogP contribution in [0.1, 0.15) is 49.7 Å². The minimum absolute atomic E-state index is 0.0630. The Morgan fingerprint density at radius 2 is 1.74 bits per heavy atom. The van der Waals surface area contributed by atoms with Crippen LogP contribution in [0.5, 0.6) is 0 Å². The van der Waals surface area contributed by atoms with E-state index in [-0.39, 0.29) is 10.8 Å². The van der Waals surface area contributed by atoms with E-state index < -0.39 is 20.5 Å². The number of nitrogens with zero attached hydrogens (tertiary/aromatic N) is 1. The molecule has 2 aromatic carbocycles. The highest BCUT2D eigenvalue weighted by atomic mass is 32.2. The van der Waals surface area contributed by atoms with Crippen LogP contribution < -0.4 is 10.2 Å². The zero-order chi connectivity index (χ0) is 22.2. The van der Waals surface area contributed by atoms with Crippen LogP contribution in [0, 0.1) is 13.8 Å². The van der Waals surface area contributed by atoms with Gasteiger partial charge in [-0.25, -0.2) is 8.42 Å². The number of carbonyl (C=O) groups excluding carboxylic acids is 2. The highest BCUT2D eigenvalue weighted by Gasteiger charge is 2.53. The number of carbonyl (C=O) groups is 2. The molecule has 0 bridgehead atoms. The van der Waals surface area contributed by atoms with Crippen LogP contribution in [0.4, 0.5) is 11.4 Å². The second-order valence-corrected chi connectivity index (χ2v) is 10.9. The van der Waals surface area contributed by atoms with Gasteiger partial charge < -0.3 is 10.2 Å². The molecule has 0 aromatic heterocycles. The molecule has 4 rings (SSSR count).